The molecule has 0 N–H and O–H groups in total. The Morgan fingerprint density at radius 1 is 1.06 bits per heavy atom. The summed E-state index contributed by atoms with van der Waals surface area (Å²) in [5, 5.41) is 0.462. The van der Waals surface area contributed by atoms with Crippen molar-refractivity contribution in [2.45, 2.75) is 30.9 Å². The summed E-state index contributed by atoms with van der Waals surface area (Å²) in [6.45, 7) is 0.976. The summed E-state index contributed by atoms with van der Waals surface area (Å²) >= 11 is 6.19. The van der Waals surface area contributed by atoms with E-state index < -0.39 is 41.1 Å². The third-order valence-electron chi connectivity index (χ3n) is 6.23. The van der Waals surface area contributed by atoms with E-state index in [1.54, 1.807) is 23.1 Å². The van der Waals surface area contributed by atoms with Gasteiger partial charge < -0.3 is 9.80 Å². The van der Waals surface area contributed by atoms with Gasteiger partial charge in [-0.25, -0.2) is 8.78 Å². The van der Waals surface area contributed by atoms with Gasteiger partial charge in [0.25, 0.3) is 5.91 Å². The Labute approximate surface area is 181 Å². The fourth-order valence-corrected chi connectivity index (χ4v) is 4.75. The predicted molar refractivity (Wildman–Crippen MR) is 108 cm³/mol. The van der Waals surface area contributed by atoms with E-state index in [1.807, 2.05) is 0 Å². The number of hydrogen-bond acceptors (Lipinski definition) is 2. The molecular weight excluding hydrogens is 439 g/mol. The Morgan fingerprint density at radius 2 is 1.71 bits per heavy atom. The summed E-state index contributed by atoms with van der Waals surface area (Å²) in [7, 11) is 0. The van der Waals surface area contributed by atoms with Crippen molar-refractivity contribution in [3.8, 4) is 0 Å². The monoisotopic (exact) mass is 458 g/mol. The maximum absolute atomic E-state index is 14.3. The van der Waals surface area contributed by atoms with Crippen molar-refractivity contribution >= 4 is 23.2 Å². The summed E-state index contributed by atoms with van der Waals surface area (Å²) < 4.78 is 66.2. The lowest BCUT2D eigenvalue weighted by molar-refractivity contribution is -0.138. The molecule has 0 radical (unpaired) electrons. The van der Waals surface area contributed by atoms with Gasteiger partial charge in [-0.3, -0.25) is 4.79 Å². The Morgan fingerprint density at radius 3 is 2.32 bits per heavy atom. The number of carbonyl (C=O) groups excluding carboxylic acids is 1. The van der Waals surface area contributed by atoms with Crippen LogP contribution in [-0.2, 0) is 5.41 Å². The molecule has 166 valence electrons. The van der Waals surface area contributed by atoms with Gasteiger partial charge in [0.15, 0.2) is 0 Å². The van der Waals surface area contributed by atoms with Crippen LogP contribution in [0.1, 0.15) is 35.2 Å². The first-order valence-electron chi connectivity index (χ1n) is 9.95. The molecule has 2 aromatic rings. The van der Waals surface area contributed by atoms with E-state index in [0.717, 1.165) is 17.7 Å². The molecule has 0 aliphatic carbocycles. The number of anilines is 1. The smallest absolute Gasteiger partial charge is 0.307 e. The van der Waals surface area contributed by atoms with Crippen LogP contribution in [0.25, 0.3) is 0 Å². The Hall–Kier alpha value is -2.19. The number of hydrogen-bond donors (Lipinski definition) is 0. The minimum Gasteiger partial charge on any atom is -0.307 e. The molecule has 4 rings (SSSR count). The maximum Gasteiger partial charge on any atom is 0.390 e. The highest BCUT2D eigenvalue weighted by atomic mass is 35.5. The molecule has 0 unspecified atom stereocenters. The van der Waals surface area contributed by atoms with Crippen molar-refractivity contribution in [1.29, 1.82) is 0 Å². The van der Waals surface area contributed by atoms with Gasteiger partial charge in [0.1, 0.15) is 17.2 Å². The van der Waals surface area contributed by atoms with E-state index in [2.05, 4.69) is 0 Å². The molecule has 0 bridgehead atoms. The first-order chi connectivity index (χ1) is 14.6. The number of benzene rings is 2. The second kappa shape index (κ2) is 8.06. The van der Waals surface area contributed by atoms with E-state index in [0.29, 0.717) is 36.6 Å². The Kier molecular flexibility index (Phi) is 5.72. The van der Waals surface area contributed by atoms with E-state index in [4.69, 9.17) is 11.6 Å². The fraction of sp³-hybridized carbons (Fsp3) is 0.409. The third-order valence-corrected chi connectivity index (χ3v) is 6.46. The number of amides is 1. The molecule has 1 saturated heterocycles. The Balaban J connectivity index is 1.61. The van der Waals surface area contributed by atoms with Gasteiger partial charge in [-0.1, -0.05) is 17.7 Å². The lowest BCUT2D eigenvalue weighted by Crippen LogP contribution is -2.46. The average molecular weight is 459 g/mol. The topological polar surface area (TPSA) is 23.6 Å². The summed E-state index contributed by atoms with van der Waals surface area (Å²) in [6, 6.07) is 8.26. The summed E-state index contributed by atoms with van der Waals surface area (Å²) in [4.78, 5) is 16.2. The molecule has 1 fully saturated rings. The zero-order chi connectivity index (χ0) is 22.4. The van der Waals surface area contributed by atoms with Crippen LogP contribution in [0.15, 0.2) is 36.4 Å². The van der Waals surface area contributed by atoms with Gasteiger partial charge in [0.2, 0.25) is 0 Å². The fourth-order valence-electron chi connectivity index (χ4n) is 4.58. The third kappa shape index (κ3) is 4.28. The van der Waals surface area contributed by atoms with Gasteiger partial charge in [0.05, 0.1) is 6.42 Å². The van der Waals surface area contributed by atoms with Crippen LogP contribution in [-0.4, -0.2) is 43.2 Å². The van der Waals surface area contributed by atoms with E-state index in [1.165, 1.54) is 11.0 Å². The highest BCUT2D eigenvalue weighted by Crippen LogP contribution is 2.48. The average Bonchev–Trinajstić information content (AvgIpc) is 3.00. The lowest BCUT2D eigenvalue weighted by Gasteiger charge is -2.40. The van der Waals surface area contributed by atoms with E-state index in [9.17, 15) is 26.7 Å². The molecule has 3 nitrogen and oxygen atoms in total. The first kappa shape index (κ1) is 22.0. The summed E-state index contributed by atoms with van der Waals surface area (Å²) in [5.74, 6) is -2.66. The second-order valence-electron chi connectivity index (χ2n) is 8.14. The maximum atomic E-state index is 14.3. The van der Waals surface area contributed by atoms with Crippen LogP contribution < -0.4 is 4.90 Å². The van der Waals surface area contributed by atoms with Gasteiger partial charge in [-0.2, -0.15) is 13.2 Å². The normalized spacial score (nSPS) is 18.5. The number of alkyl halides is 3. The number of halogens is 6. The highest BCUT2D eigenvalue weighted by molar-refractivity contribution is 6.30. The molecule has 31 heavy (non-hydrogen) atoms. The van der Waals surface area contributed by atoms with Gasteiger partial charge >= 0.3 is 6.18 Å². The van der Waals surface area contributed by atoms with E-state index in [-0.39, 0.29) is 13.1 Å². The number of likely N-dealkylation sites (tertiary alicyclic amines) is 1. The SMILES string of the molecule is O=C(c1c(F)cccc1F)N1CC2(CCN(CCC(F)(F)F)CC2)c2cc(Cl)ccc21. The van der Waals surface area contributed by atoms with Crippen molar-refractivity contribution in [2.24, 2.45) is 0 Å². The molecule has 0 aromatic heterocycles. The Bertz CT molecular complexity index is 982. The molecule has 1 amide bonds. The quantitative estimate of drug-likeness (QED) is 0.562. The minimum atomic E-state index is -4.21. The van der Waals surface area contributed by atoms with Crippen molar-refractivity contribution in [3.05, 3.63) is 64.2 Å². The van der Waals surface area contributed by atoms with Crippen LogP contribution >= 0.6 is 11.6 Å². The molecule has 2 aromatic carbocycles. The molecule has 1 spiro atoms. The second-order valence-corrected chi connectivity index (χ2v) is 8.57. The van der Waals surface area contributed by atoms with Gasteiger partial charge in [-0.15, -0.1) is 0 Å². The zero-order valence-electron chi connectivity index (χ0n) is 16.5. The lowest BCUT2D eigenvalue weighted by atomic mass is 9.74. The number of fused-ring (bicyclic) bond motifs is 2. The summed E-state index contributed by atoms with van der Waals surface area (Å²) in [5.41, 5.74) is 0.177. The molecule has 2 aliphatic rings. The molecular formula is C22H20ClF5N2O. The summed E-state index contributed by atoms with van der Waals surface area (Å²) in [6.07, 6.45) is -4.06. The molecule has 2 heterocycles. The predicted octanol–water partition coefficient (Wildman–Crippen LogP) is 5.56. The van der Waals surface area contributed by atoms with Crippen LogP contribution in [0.3, 0.4) is 0 Å². The molecule has 9 heteroatoms. The van der Waals surface area contributed by atoms with Crippen LogP contribution in [0.2, 0.25) is 5.02 Å². The van der Waals surface area contributed by atoms with Crippen molar-refractivity contribution < 1.29 is 26.7 Å². The van der Waals surface area contributed by atoms with Crippen LogP contribution in [0.5, 0.6) is 0 Å². The zero-order valence-corrected chi connectivity index (χ0v) is 17.2. The molecule has 2 aliphatic heterocycles. The minimum absolute atomic E-state index is 0.0783. The number of nitrogens with zero attached hydrogens (tertiary/aromatic N) is 2. The first-order valence-corrected chi connectivity index (χ1v) is 10.3. The van der Waals surface area contributed by atoms with Crippen LogP contribution in [0.4, 0.5) is 27.6 Å². The number of rotatable bonds is 3. The number of piperidine rings is 1. The molecule has 0 saturated carbocycles. The van der Waals surface area contributed by atoms with Crippen molar-refractivity contribution in [1.82, 2.24) is 4.90 Å². The van der Waals surface area contributed by atoms with E-state index >= 15 is 0 Å². The largest absolute Gasteiger partial charge is 0.390 e. The number of carbonyl (C=O) groups is 1. The standard InChI is InChI=1S/C22H20ClF5N2O/c23-14-4-5-18-15(12-14)21(6-9-29(10-7-21)11-8-22(26,27)28)13-30(18)20(31)19-16(24)2-1-3-17(19)25/h1-5,12H,6-11,13H2. The van der Waals surface area contributed by atoms with Crippen molar-refractivity contribution in [2.75, 3.05) is 31.1 Å². The van der Waals surface area contributed by atoms with Crippen molar-refractivity contribution in [3.63, 3.8) is 0 Å². The van der Waals surface area contributed by atoms with Crippen LogP contribution in [0, 0.1) is 11.6 Å². The molecule has 0 atom stereocenters. The highest BCUT2D eigenvalue weighted by Gasteiger charge is 2.47. The van der Waals surface area contributed by atoms with Gasteiger partial charge in [-0.05, 0) is 61.8 Å². The van der Waals surface area contributed by atoms with Gasteiger partial charge in [0, 0.05) is 29.2 Å².